The third-order valence-corrected chi connectivity index (χ3v) is 4.51. The first kappa shape index (κ1) is 21.0. The molecule has 0 bridgehead atoms. The van der Waals surface area contributed by atoms with Gasteiger partial charge in [0.05, 0.1) is 6.10 Å². The molecule has 1 heterocycles. The number of benzene rings is 1. The number of unbranched alkanes of at least 4 members (excludes halogenated alkanes) is 1. The number of aromatic carboxylic acids is 1. The van der Waals surface area contributed by atoms with Gasteiger partial charge >= 0.3 is 5.97 Å². The topological polar surface area (TPSA) is 128 Å². The van der Waals surface area contributed by atoms with E-state index in [0.717, 1.165) is 24.7 Å². The van der Waals surface area contributed by atoms with E-state index in [1.54, 1.807) is 23.9 Å². The lowest BCUT2D eigenvalue weighted by Crippen LogP contribution is -2.21. The molecule has 2 rings (SSSR count). The first-order chi connectivity index (χ1) is 11.5. The Morgan fingerprint density at radius 2 is 2.16 bits per heavy atom. The van der Waals surface area contributed by atoms with Gasteiger partial charge in [-0.2, -0.15) is 11.8 Å². The van der Waals surface area contributed by atoms with Crippen molar-refractivity contribution in [3.8, 4) is 5.75 Å². The summed E-state index contributed by atoms with van der Waals surface area (Å²) in [7, 11) is 0. The molecular weight excluding hydrogens is 348 g/mol. The summed E-state index contributed by atoms with van der Waals surface area (Å²) in [5.74, 6) is 0.0963. The van der Waals surface area contributed by atoms with E-state index in [1.807, 2.05) is 0 Å². The Bertz CT molecular complexity index is 756. The predicted octanol–water partition coefficient (Wildman–Crippen LogP) is 1.94. The van der Waals surface area contributed by atoms with Gasteiger partial charge in [0, 0.05) is 11.8 Å². The molecule has 0 radical (unpaired) electrons. The van der Waals surface area contributed by atoms with Crippen LogP contribution in [0, 0.1) is 0 Å². The third kappa shape index (κ3) is 5.77. The number of hydrogen-bond donors (Lipinski definition) is 2. The number of hydrogen-bond acceptors (Lipinski definition) is 6. The molecule has 0 saturated carbocycles. The van der Waals surface area contributed by atoms with Gasteiger partial charge in [0.25, 0.3) is 0 Å². The number of fused-ring (bicyclic) bond motifs is 1. The quantitative estimate of drug-likeness (QED) is 0.645. The molecule has 0 aliphatic heterocycles. The van der Waals surface area contributed by atoms with Crippen LogP contribution in [0.4, 0.5) is 0 Å². The second-order valence-electron chi connectivity index (χ2n) is 5.30. The van der Waals surface area contributed by atoms with Gasteiger partial charge in [-0.15, -0.1) is 0 Å². The standard InChI is InChI=1S/C17H20O6S.H2O/c1-2-3-7-24-10-11(18)9-22-13-5-4-6-14-16(13)12(19)8-15(23-14)17(20)21;/h4-6,8,11,18H,2-3,7,9-10H2,1H3,(H,20,21);1H2. The highest BCUT2D eigenvalue weighted by molar-refractivity contribution is 7.99. The molecule has 1 unspecified atom stereocenters. The summed E-state index contributed by atoms with van der Waals surface area (Å²) in [6, 6.07) is 5.63. The van der Waals surface area contributed by atoms with Crippen LogP contribution in [0.2, 0.25) is 0 Å². The van der Waals surface area contributed by atoms with E-state index in [1.165, 1.54) is 6.07 Å². The van der Waals surface area contributed by atoms with Gasteiger partial charge in [0.1, 0.15) is 23.3 Å². The molecular formula is C17H22O7S. The molecule has 25 heavy (non-hydrogen) atoms. The molecule has 1 aromatic heterocycles. The smallest absolute Gasteiger partial charge is 0.371 e. The highest BCUT2D eigenvalue weighted by Crippen LogP contribution is 2.23. The Labute approximate surface area is 148 Å². The maximum absolute atomic E-state index is 12.1. The Morgan fingerprint density at radius 1 is 1.40 bits per heavy atom. The Morgan fingerprint density at radius 3 is 2.84 bits per heavy atom. The minimum Gasteiger partial charge on any atom is -0.490 e. The molecule has 0 amide bonds. The number of ether oxygens (including phenoxy) is 1. The summed E-state index contributed by atoms with van der Waals surface area (Å²) in [6.07, 6.45) is 1.57. The summed E-state index contributed by atoms with van der Waals surface area (Å²) in [5.41, 5.74) is -0.347. The van der Waals surface area contributed by atoms with Crippen LogP contribution in [0.3, 0.4) is 0 Å². The zero-order valence-corrected chi connectivity index (χ0v) is 14.7. The van der Waals surface area contributed by atoms with Crippen LogP contribution in [0.1, 0.15) is 30.3 Å². The molecule has 8 heteroatoms. The van der Waals surface area contributed by atoms with Gasteiger partial charge in [0.2, 0.25) is 5.76 Å². The molecule has 0 aliphatic rings. The molecule has 138 valence electrons. The minimum absolute atomic E-state index is 0. The van der Waals surface area contributed by atoms with Gasteiger partial charge in [-0.1, -0.05) is 19.4 Å². The van der Waals surface area contributed by atoms with Crippen molar-refractivity contribution in [2.75, 3.05) is 18.1 Å². The highest BCUT2D eigenvalue weighted by Gasteiger charge is 2.15. The van der Waals surface area contributed by atoms with E-state index in [0.29, 0.717) is 5.75 Å². The van der Waals surface area contributed by atoms with Gasteiger partial charge < -0.3 is 24.8 Å². The molecule has 1 atom stereocenters. The zero-order valence-electron chi connectivity index (χ0n) is 13.9. The van der Waals surface area contributed by atoms with Gasteiger partial charge in [0.15, 0.2) is 5.43 Å². The lowest BCUT2D eigenvalue weighted by molar-refractivity contribution is 0.0663. The Hall–Kier alpha value is -2.03. The minimum atomic E-state index is -1.31. The maximum Gasteiger partial charge on any atom is 0.371 e. The van der Waals surface area contributed by atoms with Crippen molar-refractivity contribution in [3.63, 3.8) is 0 Å². The fourth-order valence-electron chi connectivity index (χ4n) is 2.10. The summed E-state index contributed by atoms with van der Waals surface area (Å²) in [6.45, 7) is 2.17. The number of rotatable bonds is 9. The second kappa shape index (κ2) is 10.1. The van der Waals surface area contributed by atoms with Gasteiger partial charge in [-0.3, -0.25) is 4.79 Å². The first-order valence-corrected chi connectivity index (χ1v) is 8.87. The number of carboxylic acids is 1. The first-order valence-electron chi connectivity index (χ1n) is 7.71. The number of carboxylic acid groups (broad SMARTS) is 1. The average Bonchev–Trinajstić information content (AvgIpc) is 2.56. The molecule has 7 nitrogen and oxygen atoms in total. The van der Waals surface area contributed by atoms with Crippen molar-refractivity contribution in [1.82, 2.24) is 0 Å². The van der Waals surface area contributed by atoms with Crippen LogP contribution < -0.4 is 10.2 Å². The van der Waals surface area contributed by atoms with E-state index < -0.39 is 23.3 Å². The SMILES string of the molecule is CCCCSCC(O)COc1cccc2oc(C(=O)O)cc(=O)c12.O. The van der Waals surface area contributed by atoms with Crippen LogP contribution in [-0.4, -0.2) is 45.9 Å². The van der Waals surface area contributed by atoms with E-state index in [9.17, 15) is 14.7 Å². The van der Waals surface area contributed by atoms with E-state index in [-0.39, 0.29) is 28.8 Å². The van der Waals surface area contributed by atoms with E-state index >= 15 is 0 Å². The average molecular weight is 370 g/mol. The van der Waals surface area contributed by atoms with Crippen molar-refractivity contribution >= 4 is 28.7 Å². The molecule has 1 aromatic carbocycles. The van der Waals surface area contributed by atoms with Crippen LogP contribution in [0.15, 0.2) is 33.5 Å². The molecule has 0 fully saturated rings. The summed E-state index contributed by atoms with van der Waals surface area (Å²) in [4.78, 5) is 23.1. The molecule has 0 aliphatic carbocycles. The number of carbonyl (C=O) groups is 1. The normalized spacial score (nSPS) is 11.8. The van der Waals surface area contributed by atoms with E-state index in [4.69, 9.17) is 14.3 Å². The predicted molar refractivity (Wildman–Crippen MR) is 96.8 cm³/mol. The molecule has 0 spiro atoms. The second-order valence-corrected chi connectivity index (χ2v) is 6.45. The molecule has 4 N–H and O–H groups in total. The van der Waals surface area contributed by atoms with Crippen molar-refractivity contribution in [1.29, 1.82) is 0 Å². The zero-order chi connectivity index (χ0) is 17.5. The Balaban J connectivity index is 0.00000312. The summed E-state index contributed by atoms with van der Waals surface area (Å²) in [5, 5.41) is 19.1. The number of thioether (sulfide) groups is 1. The van der Waals surface area contributed by atoms with Crippen LogP contribution in [0.25, 0.3) is 11.0 Å². The Kier molecular flexibility index (Phi) is 8.47. The van der Waals surface area contributed by atoms with Crippen molar-refractivity contribution in [2.24, 2.45) is 0 Å². The lowest BCUT2D eigenvalue weighted by atomic mass is 10.2. The molecule has 2 aromatic rings. The highest BCUT2D eigenvalue weighted by atomic mass is 32.2. The third-order valence-electron chi connectivity index (χ3n) is 3.31. The van der Waals surface area contributed by atoms with Gasteiger partial charge in [-0.05, 0) is 24.3 Å². The van der Waals surface area contributed by atoms with E-state index in [2.05, 4.69) is 6.92 Å². The fourth-order valence-corrected chi connectivity index (χ4v) is 3.13. The summed E-state index contributed by atoms with van der Waals surface area (Å²) >= 11 is 1.66. The largest absolute Gasteiger partial charge is 0.490 e. The maximum atomic E-state index is 12.1. The monoisotopic (exact) mass is 370 g/mol. The van der Waals surface area contributed by atoms with Crippen molar-refractivity contribution in [3.05, 3.63) is 40.2 Å². The summed E-state index contributed by atoms with van der Waals surface area (Å²) < 4.78 is 10.7. The van der Waals surface area contributed by atoms with Crippen LogP contribution >= 0.6 is 11.8 Å². The number of aliphatic hydroxyl groups is 1. The lowest BCUT2D eigenvalue weighted by Gasteiger charge is -2.13. The molecule has 0 saturated heterocycles. The van der Waals surface area contributed by atoms with Gasteiger partial charge in [-0.25, -0.2) is 4.79 Å². The fraction of sp³-hybridized carbons (Fsp3) is 0.412. The van der Waals surface area contributed by atoms with Crippen LogP contribution in [-0.2, 0) is 0 Å². The van der Waals surface area contributed by atoms with Crippen molar-refractivity contribution in [2.45, 2.75) is 25.9 Å². The number of aliphatic hydroxyl groups excluding tert-OH is 1. The van der Waals surface area contributed by atoms with Crippen molar-refractivity contribution < 1.29 is 29.6 Å². The van der Waals surface area contributed by atoms with Crippen LogP contribution in [0.5, 0.6) is 5.75 Å².